The Morgan fingerprint density at radius 1 is 1.47 bits per heavy atom. The molecular weight excluding hydrogens is 324 g/mol. The number of rotatable bonds is 6. The second kappa shape index (κ2) is 6.63. The summed E-state index contributed by atoms with van der Waals surface area (Å²) in [5.41, 5.74) is 4.24. The van der Waals surface area contributed by atoms with E-state index in [-0.39, 0.29) is 0 Å². The molecule has 0 radical (unpaired) electrons. The molecule has 2 aromatic rings. The quantitative estimate of drug-likeness (QED) is 0.876. The van der Waals surface area contributed by atoms with E-state index in [4.69, 9.17) is 0 Å². The molecular formula is C13H19BrN4S. The predicted octanol–water partition coefficient (Wildman–Crippen LogP) is 3.09. The summed E-state index contributed by atoms with van der Waals surface area (Å²) in [6.07, 6.45) is 3.81. The normalized spacial score (nSPS) is 12.8. The minimum absolute atomic E-state index is 0.300. The van der Waals surface area contributed by atoms with Gasteiger partial charge in [0.1, 0.15) is 0 Å². The average molecular weight is 343 g/mol. The standard InChI is InChI=1S/C13H19BrN4S/c1-4-9-13(14)11(18(3)17-9)6-10(16-5-2)12-7-15-8-19-12/h7-8,10,16H,4-6H2,1-3H3. The van der Waals surface area contributed by atoms with E-state index in [2.05, 4.69) is 45.2 Å². The molecule has 0 aliphatic heterocycles. The number of likely N-dealkylation sites (N-methyl/N-ethyl adjacent to an activating group) is 1. The molecule has 1 atom stereocenters. The van der Waals surface area contributed by atoms with Gasteiger partial charge < -0.3 is 5.32 Å². The first-order valence-corrected chi connectivity index (χ1v) is 8.16. The van der Waals surface area contributed by atoms with Crippen LogP contribution in [0.25, 0.3) is 0 Å². The summed E-state index contributed by atoms with van der Waals surface area (Å²) in [7, 11) is 2.01. The van der Waals surface area contributed by atoms with Gasteiger partial charge >= 0.3 is 0 Å². The van der Waals surface area contributed by atoms with E-state index in [1.807, 2.05) is 23.4 Å². The van der Waals surface area contributed by atoms with Gasteiger partial charge in [0.2, 0.25) is 0 Å². The highest BCUT2D eigenvalue weighted by atomic mass is 79.9. The van der Waals surface area contributed by atoms with Crippen molar-refractivity contribution in [2.45, 2.75) is 32.7 Å². The fourth-order valence-corrected chi connectivity index (χ4v) is 3.63. The lowest BCUT2D eigenvalue weighted by atomic mass is 10.1. The van der Waals surface area contributed by atoms with Crippen LogP contribution in [0.2, 0.25) is 0 Å². The van der Waals surface area contributed by atoms with E-state index in [0.717, 1.165) is 29.6 Å². The Morgan fingerprint density at radius 2 is 2.26 bits per heavy atom. The molecule has 0 aromatic carbocycles. The lowest BCUT2D eigenvalue weighted by molar-refractivity contribution is 0.534. The van der Waals surface area contributed by atoms with Gasteiger partial charge in [0, 0.05) is 30.6 Å². The smallest absolute Gasteiger partial charge is 0.0794 e. The Bertz CT molecular complexity index is 521. The molecule has 0 aliphatic rings. The zero-order chi connectivity index (χ0) is 13.8. The summed E-state index contributed by atoms with van der Waals surface area (Å²) < 4.78 is 3.12. The Hall–Kier alpha value is -0.720. The molecule has 0 spiro atoms. The van der Waals surface area contributed by atoms with Crippen molar-refractivity contribution in [1.82, 2.24) is 20.1 Å². The van der Waals surface area contributed by atoms with Crippen molar-refractivity contribution in [2.75, 3.05) is 6.54 Å². The molecule has 0 fully saturated rings. The van der Waals surface area contributed by atoms with Gasteiger partial charge in [-0.15, -0.1) is 11.3 Å². The Kier molecular flexibility index (Phi) is 5.13. The first kappa shape index (κ1) is 14.7. The molecule has 0 amide bonds. The molecule has 19 heavy (non-hydrogen) atoms. The maximum Gasteiger partial charge on any atom is 0.0794 e. The van der Waals surface area contributed by atoms with Gasteiger partial charge in [0.25, 0.3) is 0 Å². The van der Waals surface area contributed by atoms with E-state index in [9.17, 15) is 0 Å². The Labute approximate surface area is 126 Å². The van der Waals surface area contributed by atoms with E-state index in [1.165, 1.54) is 10.6 Å². The van der Waals surface area contributed by atoms with Crippen molar-refractivity contribution in [2.24, 2.45) is 7.05 Å². The second-order valence-corrected chi connectivity index (χ2v) is 6.11. The first-order chi connectivity index (χ1) is 9.17. The van der Waals surface area contributed by atoms with Gasteiger partial charge in [-0.1, -0.05) is 13.8 Å². The minimum atomic E-state index is 0.300. The van der Waals surface area contributed by atoms with Crippen molar-refractivity contribution < 1.29 is 0 Å². The van der Waals surface area contributed by atoms with Crippen LogP contribution < -0.4 is 5.32 Å². The van der Waals surface area contributed by atoms with E-state index >= 15 is 0 Å². The van der Waals surface area contributed by atoms with Crippen molar-refractivity contribution in [3.8, 4) is 0 Å². The van der Waals surface area contributed by atoms with Crippen LogP contribution in [0, 0.1) is 0 Å². The Morgan fingerprint density at radius 3 is 2.79 bits per heavy atom. The van der Waals surface area contributed by atoms with Crippen LogP contribution in [-0.2, 0) is 19.9 Å². The number of hydrogen-bond donors (Lipinski definition) is 1. The van der Waals surface area contributed by atoms with Gasteiger partial charge in [-0.2, -0.15) is 5.10 Å². The molecule has 1 unspecified atom stereocenters. The van der Waals surface area contributed by atoms with Crippen molar-refractivity contribution in [3.63, 3.8) is 0 Å². The highest BCUT2D eigenvalue weighted by Gasteiger charge is 2.19. The number of aromatic nitrogens is 3. The van der Waals surface area contributed by atoms with Crippen LogP contribution in [0.15, 0.2) is 16.2 Å². The number of nitrogens with zero attached hydrogens (tertiary/aromatic N) is 3. The molecule has 2 heterocycles. The number of thiazole rings is 1. The molecule has 2 aromatic heterocycles. The SMILES string of the molecule is CCNC(Cc1c(Br)c(CC)nn1C)c1cncs1. The van der Waals surface area contributed by atoms with Gasteiger partial charge in [-0.25, -0.2) is 0 Å². The van der Waals surface area contributed by atoms with Crippen molar-refractivity contribution >= 4 is 27.3 Å². The third kappa shape index (κ3) is 3.24. The van der Waals surface area contributed by atoms with Crippen LogP contribution in [0.5, 0.6) is 0 Å². The topological polar surface area (TPSA) is 42.7 Å². The zero-order valence-corrected chi connectivity index (χ0v) is 13.9. The number of aryl methyl sites for hydroxylation is 2. The summed E-state index contributed by atoms with van der Waals surface area (Å²) in [6.45, 7) is 5.20. The van der Waals surface area contributed by atoms with E-state index in [1.54, 1.807) is 11.3 Å². The predicted molar refractivity (Wildman–Crippen MR) is 82.5 cm³/mol. The van der Waals surface area contributed by atoms with Gasteiger partial charge in [0.15, 0.2) is 0 Å². The van der Waals surface area contributed by atoms with E-state index in [0.29, 0.717) is 6.04 Å². The molecule has 0 saturated carbocycles. The van der Waals surface area contributed by atoms with Crippen molar-refractivity contribution in [1.29, 1.82) is 0 Å². The minimum Gasteiger partial charge on any atom is -0.309 e. The highest BCUT2D eigenvalue weighted by molar-refractivity contribution is 9.10. The van der Waals surface area contributed by atoms with Crippen molar-refractivity contribution in [3.05, 3.63) is 32.4 Å². The van der Waals surface area contributed by atoms with Gasteiger partial charge in [-0.3, -0.25) is 9.67 Å². The summed E-state index contributed by atoms with van der Waals surface area (Å²) >= 11 is 5.38. The summed E-state index contributed by atoms with van der Waals surface area (Å²) in [4.78, 5) is 5.45. The van der Waals surface area contributed by atoms with E-state index < -0.39 is 0 Å². The summed E-state index contributed by atoms with van der Waals surface area (Å²) in [5, 5.41) is 8.08. The highest BCUT2D eigenvalue weighted by Crippen LogP contribution is 2.28. The van der Waals surface area contributed by atoms with Crippen LogP contribution in [-0.4, -0.2) is 21.3 Å². The maximum absolute atomic E-state index is 4.55. The molecule has 4 nitrogen and oxygen atoms in total. The molecule has 104 valence electrons. The largest absolute Gasteiger partial charge is 0.309 e. The maximum atomic E-state index is 4.55. The third-order valence-corrected chi connectivity index (χ3v) is 4.95. The van der Waals surface area contributed by atoms with Crippen LogP contribution in [0.1, 0.15) is 36.2 Å². The summed E-state index contributed by atoms with van der Waals surface area (Å²) in [6, 6.07) is 0.300. The van der Waals surface area contributed by atoms with Crippen LogP contribution >= 0.6 is 27.3 Å². The first-order valence-electron chi connectivity index (χ1n) is 6.49. The average Bonchev–Trinajstić information content (AvgIpc) is 3.01. The Balaban J connectivity index is 2.24. The lowest BCUT2D eigenvalue weighted by Crippen LogP contribution is -2.23. The van der Waals surface area contributed by atoms with Crippen LogP contribution in [0.4, 0.5) is 0 Å². The molecule has 1 N–H and O–H groups in total. The number of nitrogens with one attached hydrogen (secondary N) is 1. The molecule has 0 aliphatic carbocycles. The van der Waals surface area contributed by atoms with Crippen LogP contribution in [0.3, 0.4) is 0 Å². The monoisotopic (exact) mass is 342 g/mol. The number of halogens is 1. The zero-order valence-electron chi connectivity index (χ0n) is 11.5. The van der Waals surface area contributed by atoms with Gasteiger partial charge in [0.05, 0.1) is 21.4 Å². The number of hydrogen-bond acceptors (Lipinski definition) is 4. The molecule has 0 saturated heterocycles. The molecule has 0 bridgehead atoms. The van der Waals surface area contributed by atoms with Gasteiger partial charge in [-0.05, 0) is 28.9 Å². The fourth-order valence-electron chi connectivity index (χ4n) is 2.15. The molecule has 6 heteroatoms. The second-order valence-electron chi connectivity index (χ2n) is 4.40. The third-order valence-electron chi connectivity index (χ3n) is 3.15. The molecule has 2 rings (SSSR count). The summed E-state index contributed by atoms with van der Waals surface area (Å²) in [5.74, 6) is 0. The lowest BCUT2D eigenvalue weighted by Gasteiger charge is -2.16. The fraction of sp³-hybridized carbons (Fsp3) is 0.538.